The highest BCUT2D eigenvalue weighted by Crippen LogP contribution is 2.28. The predicted molar refractivity (Wildman–Crippen MR) is 102 cm³/mol. The summed E-state index contributed by atoms with van der Waals surface area (Å²) in [6.07, 6.45) is 0.807. The zero-order valence-corrected chi connectivity index (χ0v) is 15.9. The van der Waals surface area contributed by atoms with Gasteiger partial charge < -0.3 is 20.5 Å². The predicted octanol–water partition coefficient (Wildman–Crippen LogP) is 2.49. The molecule has 134 valence electrons. The van der Waals surface area contributed by atoms with E-state index in [9.17, 15) is 5.11 Å². The van der Waals surface area contributed by atoms with Crippen LogP contribution in [0.15, 0.2) is 23.2 Å². The van der Waals surface area contributed by atoms with Gasteiger partial charge in [0.1, 0.15) is 5.75 Å². The van der Waals surface area contributed by atoms with Crippen molar-refractivity contribution < 1.29 is 9.84 Å². The van der Waals surface area contributed by atoms with E-state index in [4.69, 9.17) is 4.74 Å². The fourth-order valence-corrected chi connectivity index (χ4v) is 4.03. The van der Waals surface area contributed by atoms with E-state index in [-0.39, 0.29) is 6.04 Å². The molecule has 1 aliphatic rings. The van der Waals surface area contributed by atoms with Crippen molar-refractivity contribution in [2.45, 2.75) is 38.8 Å². The molecule has 2 atom stereocenters. The van der Waals surface area contributed by atoms with Gasteiger partial charge in [0, 0.05) is 17.9 Å². The summed E-state index contributed by atoms with van der Waals surface area (Å²) in [6.45, 7) is 7.39. The second-order valence-corrected chi connectivity index (χ2v) is 7.44. The second kappa shape index (κ2) is 8.62. The van der Waals surface area contributed by atoms with E-state index >= 15 is 0 Å². The molecule has 0 aromatic heterocycles. The highest BCUT2D eigenvalue weighted by Gasteiger charge is 2.31. The molecule has 0 radical (unpaired) electrons. The van der Waals surface area contributed by atoms with Gasteiger partial charge in [0.15, 0.2) is 5.96 Å². The van der Waals surface area contributed by atoms with Crippen molar-refractivity contribution in [3.63, 3.8) is 0 Å². The Morgan fingerprint density at radius 1 is 1.50 bits per heavy atom. The molecule has 24 heavy (non-hydrogen) atoms. The highest BCUT2D eigenvalue weighted by atomic mass is 32.2. The first kappa shape index (κ1) is 18.9. The van der Waals surface area contributed by atoms with Gasteiger partial charge in [-0.25, -0.2) is 0 Å². The summed E-state index contributed by atoms with van der Waals surface area (Å²) in [5.74, 6) is 3.35. The summed E-state index contributed by atoms with van der Waals surface area (Å²) in [5, 5.41) is 17.1. The fraction of sp³-hybridized carbons (Fsp3) is 0.611. The summed E-state index contributed by atoms with van der Waals surface area (Å²) < 4.78 is 5.48. The Balaban J connectivity index is 2.10. The molecule has 1 aromatic rings. The van der Waals surface area contributed by atoms with Crippen LogP contribution in [0.4, 0.5) is 0 Å². The Labute approximate surface area is 149 Å². The molecule has 0 saturated carbocycles. The minimum Gasteiger partial charge on any atom is -0.496 e. The molecular weight excluding hydrogens is 322 g/mol. The Morgan fingerprint density at radius 3 is 2.92 bits per heavy atom. The molecule has 1 aliphatic heterocycles. The standard InChI is InChI=1S/C18H29N3O2S/c1-5-19-17(20-11-18(22)8-9-24-12-18)21-14(3)15-10-13(2)6-7-16(15)23-4/h6-7,10,14,22H,5,8-9,11-12H2,1-4H3,(H2,19,20,21). The molecule has 1 saturated heterocycles. The van der Waals surface area contributed by atoms with Gasteiger partial charge in [0.25, 0.3) is 0 Å². The van der Waals surface area contributed by atoms with E-state index in [0.29, 0.717) is 6.54 Å². The van der Waals surface area contributed by atoms with Crippen LogP contribution in [0.25, 0.3) is 0 Å². The number of ether oxygens (including phenoxy) is 1. The minimum absolute atomic E-state index is 0.0465. The van der Waals surface area contributed by atoms with Crippen molar-refractivity contribution >= 4 is 17.7 Å². The lowest BCUT2D eigenvalue weighted by atomic mass is 10.0. The molecule has 2 rings (SSSR count). The molecule has 5 nitrogen and oxygen atoms in total. The molecule has 0 spiro atoms. The van der Waals surface area contributed by atoms with E-state index in [2.05, 4.69) is 35.5 Å². The first-order valence-electron chi connectivity index (χ1n) is 8.47. The number of nitrogens with one attached hydrogen (secondary N) is 2. The van der Waals surface area contributed by atoms with Gasteiger partial charge in [-0.05, 0) is 39.0 Å². The van der Waals surface area contributed by atoms with Crippen molar-refractivity contribution in [1.82, 2.24) is 10.6 Å². The maximum absolute atomic E-state index is 10.5. The van der Waals surface area contributed by atoms with Crippen LogP contribution >= 0.6 is 11.8 Å². The molecule has 1 heterocycles. The van der Waals surface area contributed by atoms with Gasteiger partial charge in [0.2, 0.25) is 0 Å². The smallest absolute Gasteiger partial charge is 0.191 e. The SMILES string of the molecule is CCNC(=NCC1(O)CCSC1)NC(C)c1cc(C)ccc1OC. The number of hydrogen-bond acceptors (Lipinski definition) is 4. The summed E-state index contributed by atoms with van der Waals surface area (Å²) in [6, 6.07) is 6.21. The number of thioether (sulfide) groups is 1. The normalized spacial score (nSPS) is 22.3. The molecule has 0 amide bonds. The molecule has 2 unspecified atom stereocenters. The first-order valence-corrected chi connectivity index (χ1v) is 9.62. The van der Waals surface area contributed by atoms with E-state index in [1.807, 2.05) is 19.1 Å². The number of hydrogen-bond donors (Lipinski definition) is 3. The Bertz CT molecular complexity index is 571. The Kier molecular flexibility index (Phi) is 6.80. The molecule has 1 aromatic carbocycles. The summed E-state index contributed by atoms with van der Waals surface area (Å²) in [7, 11) is 1.69. The van der Waals surface area contributed by atoms with Crippen molar-refractivity contribution in [2.75, 3.05) is 31.7 Å². The van der Waals surface area contributed by atoms with Crippen molar-refractivity contribution in [3.05, 3.63) is 29.3 Å². The summed E-state index contributed by atoms with van der Waals surface area (Å²) >= 11 is 1.79. The van der Waals surface area contributed by atoms with Crippen LogP contribution in [0.1, 0.15) is 37.4 Å². The average Bonchev–Trinajstić information content (AvgIpc) is 3.00. The van der Waals surface area contributed by atoms with Crippen LogP contribution < -0.4 is 15.4 Å². The maximum atomic E-state index is 10.5. The van der Waals surface area contributed by atoms with Crippen LogP contribution in [0, 0.1) is 6.92 Å². The maximum Gasteiger partial charge on any atom is 0.191 e. The van der Waals surface area contributed by atoms with Crippen LogP contribution in [0.5, 0.6) is 5.75 Å². The van der Waals surface area contributed by atoms with E-state index in [0.717, 1.165) is 41.7 Å². The zero-order chi connectivity index (χ0) is 17.6. The molecule has 0 aliphatic carbocycles. The van der Waals surface area contributed by atoms with Crippen molar-refractivity contribution in [2.24, 2.45) is 4.99 Å². The summed E-state index contributed by atoms with van der Waals surface area (Å²) in [5.41, 5.74) is 1.62. The highest BCUT2D eigenvalue weighted by molar-refractivity contribution is 7.99. The zero-order valence-electron chi connectivity index (χ0n) is 15.1. The molecule has 0 bridgehead atoms. The number of benzene rings is 1. The number of nitrogens with zero attached hydrogens (tertiary/aromatic N) is 1. The Hall–Kier alpha value is -1.40. The quantitative estimate of drug-likeness (QED) is 0.543. The Morgan fingerprint density at radius 2 is 2.29 bits per heavy atom. The van der Waals surface area contributed by atoms with E-state index < -0.39 is 5.60 Å². The monoisotopic (exact) mass is 351 g/mol. The van der Waals surface area contributed by atoms with E-state index in [1.54, 1.807) is 18.9 Å². The van der Waals surface area contributed by atoms with Gasteiger partial charge in [-0.2, -0.15) is 11.8 Å². The van der Waals surface area contributed by atoms with Crippen molar-refractivity contribution in [1.29, 1.82) is 0 Å². The first-order chi connectivity index (χ1) is 11.5. The third-order valence-electron chi connectivity index (χ3n) is 4.16. The van der Waals surface area contributed by atoms with Crippen LogP contribution in [0.3, 0.4) is 0 Å². The molecule has 1 fully saturated rings. The minimum atomic E-state index is -0.669. The van der Waals surface area contributed by atoms with Gasteiger partial charge in [-0.3, -0.25) is 4.99 Å². The molecular formula is C18H29N3O2S. The number of methoxy groups -OCH3 is 1. The molecule has 6 heteroatoms. The lowest BCUT2D eigenvalue weighted by molar-refractivity contribution is 0.0778. The topological polar surface area (TPSA) is 65.9 Å². The average molecular weight is 352 g/mol. The van der Waals surface area contributed by atoms with Gasteiger partial charge >= 0.3 is 0 Å². The van der Waals surface area contributed by atoms with Crippen LogP contribution in [0.2, 0.25) is 0 Å². The second-order valence-electron chi connectivity index (χ2n) is 6.33. The fourth-order valence-electron chi connectivity index (χ4n) is 2.74. The largest absolute Gasteiger partial charge is 0.496 e. The van der Waals surface area contributed by atoms with Crippen molar-refractivity contribution in [3.8, 4) is 5.75 Å². The third kappa shape index (κ3) is 5.05. The lowest BCUT2D eigenvalue weighted by Gasteiger charge is -2.23. The van der Waals surface area contributed by atoms with Gasteiger partial charge in [0.05, 0.1) is 25.3 Å². The number of guanidine groups is 1. The van der Waals surface area contributed by atoms with E-state index in [1.165, 1.54) is 5.56 Å². The van der Waals surface area contributed by atoms with Crippen LogP contribution in [-0.4, -0.2) is 48.4 Å². The molecule has 3 N–H and O–H groups in total. The number of aryl methyl sites for hydroxylation is 1. The summed E-state index contributed by atoms with van der Waals surface area (Å²) in [4.78, 5) is 4.60. The number of aliphatic hydroxyl groups is 1. The third-order valence-corrected chi connectivity index (χ3v) is 5.40. The number of aliphatic imine (C=N–C) groups is 1. The lowest BCUT2D eigenvalue weighted by Crippen LogP contribution is -2.41. The van der Waals surface area contributed by atoms with Crippen LogP contribution in [-0.2, 0) is 0 Å². The number of rotatable bonds is 6. The van der Waals surface area contributed by atoms with Gasteiger partial charge in [-0.1, -0.05) is 17.7 Å². The van der Waals surface area contributed by atoms with Gasteiger partial charge in [-0.15, -0.1) is 0 Å².